The number of alkyl halides is 3. The Morgan fingerprint density at radius 1 is 1.14 bits per heavy atom. The molecule has 0 radical (unpaired) electrons. The minimum atomic E-state index is -4.94. The van der Waals surface area contributed by atoms with Gasteiger partial charge < -0.3 is 34.5 Å². The number of amides is 4. The molecule has 1 saturated heterocycles. The van der Waals surface area contributed by atoms with Gasteiger partial charge in [0.2, 0.25) is 33.3 Å². The lowest BCUT2D eigenvalue weighted by Gasteiger charge is -2.35. The van der Waals surface area contributed by atoms with E-state index in [4.69, 9.17) is 18.9 Å². The van der Waals surface area contributed by atoms with Gasteiger partial charge in [-0.25, -0.2) is 18.2 Å². The SMILES string of the molecule is CC[C@@H]1O[C@H](C)CC/C=C\[C@@H]2C[C@@]2(C(=O)NS(=O)(=O)C2CC2)NC(=O)[C@@H]2C[C@@H](Oc3nccc4cc(OC)ccc34)CN2C(=O)[C@H]1NC(=O)OC(C)(C)C(F)(F)F. The van der Waals surface area contributed by atoms with E-state index in [-0.39, 0.29) is 31.7 Å². The van der Waals surface area contributed by atoms with E-state index in [0.717, 1.165) is 10.3 Å². The number of methoxy groups -OCH3 is 1. The third-order valence-corrected chi connectivity index (χ3v) is 12.7. The minimum Gasteiger partial charge on any atom is -0.497 e. The Balaban J connectivity index is 1.36. The van der Waals surface area contributed by atoms with E-state index in [0.29, 0.717) is 50.7 Å². The van der Waals surface area contributed by atoms with Crippen LogP contribution in [0.3, 0.4) is 0 Å². The van der Waals surface area contributed by atoms with Gasteiger partial charge in [-0.1, -0.05) is 19.1 Å². The average Bonchev–Trinajstić information content (AvgIpc) is 4.07. The molecule has 1 aromatic carbocycles. The minimum absolute atomic E-state index is 0.0835. The fourth-order valence-electron chi connectivity index (χ4n) is 7.16. The highest BCUT2D eigenvalue weighted by Crippen LogP contribution is 2.46. The van der Waals surface area contributed by atoms with E-state index < -0.39 is 92.7 Å². The Morgan fingerprint density at radius 2 is 1.88 bits per heavy atom. The highest BCUT2D eigenvalue weighted by Gasteiger charge is 2.62. The Labute approximate surface area is 328 Å². The van der Waals surface area contributed by atoms with Crippen LogP contribution in [0.1, 0.15) is 72.6 Å². The van der Waals surface area contributed by atoms with Gasteiger partial charge in [-0.2, -0.15) is 13.2 Å². The molecule has 3 N–H and O–H groups in total. The molecule has 19 heteroatoms. The van der Waals surface area contributed by atoms with Crippen LogP contribution in [-0.4, -0.2) is 109 Å². The number of sulfonamides is 1. The molecule has 2 aliphatic carbocycles. The monoisotopic (exact) mass is 823 g/mol. The molecule has 312 valence electrons. The van der Waals surface area contributed by atoms with Gasteiger partial charge in [0.1, 0.15) is 29.5 Å². The van der Waals surface area contributed by atoms with Crippen LogP contribution in [0.4, 0.5) is 18.0 Å². The lowest BCUT2D eigenvalue weighted by atomic mass is 10.0. The third-order valence-electron chi connectivity index (χ3n) is 10.9. The van der Waals surface area contributed by atoms with Crippen LogP contribution in [-0.2, 0) is 33.9 Å². The quantitative estimate of drug-likeness (QED) is 0.310. The molecule has 0 unspecified atom stereocenters. The number of carbonyl (C=O) groups is 4. The second kappa shape index (κ2) is 15.9. The first-order chi connectivity index (χ1) is 26.8. The maximum atomic E-state index is 14.8. The zero-order valence-electron chi connectivity index (χ0n) is 32.3. The van der Waals surface area contributed by atoms with Crippen LogP contribution in [0.25, 0.3) is 10.8 Å². The van der Waals surface area contributed by atoms with Gasteiger partial charge in [0.05, 0.1) is 31.1 Å². The van der Waals surface area contributed by atoms with Gasteiger partial charge in [0, 0.05) is 23.9 Å². The summed E-state index contributed by atoms with van der Waals surface area (Å²) in [5.74, 6) is -2.40. The van der Waals surface area contributed by atoms with Crippen molar-refractivity contribution in [1.29, 1.82) is 0 Å². The number of hydrogen-bond donors (Lipinski definition) is 3. The number of aromatic nitrogens is 1. The molecule has 3 fully saturated rings. The topological polar surface area (TPSA) is 192 Å². The van der Waals surface area contributed by atoms with Gasteiger partial charge in [-0.05, 0) is 88.9 Å². The number of halogens is 3. The summed E-state index contributed by atoms with van der Waals surface area (Å²) < 4.78 is 91.8. The first kappa shape index (κ1) is 42.0. The molecular formula is C38H48F3N5O10S. The highest BCUT2D eigenvalue weighted by molar-refractivity contribution is 7.91. The van der Waals surface area contributed by atoms with E-state index in [1.54, 1.807) is 50.3 Å². The summed E-state index contributed by atoms with van der Waals surface area (Å²) in [5, 5.41) is 5.68. The van der Waals surface area contributed by atoms with Gasteiger partial charge in [0.15, 0.2) is 0 Å². The van der Waals surface area contributed by atoms with Crippen molar-refractivity contribution >= 4 is 44.6 Å². The largest absolute Gasteiger partial charge is 0.497 e. The van der Waals surface area contributed by atoms with E-state index in [2.05, 4.69) is 20.3 Å². The Morgan fingerprint density at radius 3 is 2.54 bits per heavy atom. The lowest BCUT2D eigenvalue weighted by Crippen LogP contribution is -2.61. The number of fused-ring (bicyclic) bond motifs is 3. The average molecular weight is 824 g/mol. The fourth-order valence-corrected chi connectivity index (χ4v) is 8.52. The van der Waals surface area contributed by atoms with Crippen molar-refractivity contribution in [3.05, 3.63) is 42.6 Å². The molecule has 2 saturated carbocycles. The van der Waals surface area contributed by atoms with E-state index >= 15 is 0 Å². The number of benzene rings is 1. The van der Waals surface area contributed by atoms with Crippen LogP contribution in [0, 0.1) is 5.92 Å². The van der Waals surface area contributed by atoms with Gasteiger partial charge in [-0.3, -0.25) is 19.1 Å². The molecule has 7 atom stereocenters. The molecule has 4 amide bonds. The third kappa shape index (κ3) is 9.08. The van der Waals surface area contributed by atoms with Crippen LogP contribution in [0.15, 0.2) is 42.6 Å². The van der Waals surface area contributed by atoms with Crippen LogP contribution >= 0.6 is 0 Å². The zero-order chi connectivity index (χ0) is 41.5. The summed E-state index contributed by atoms with van der Waals surface area (Å²) in [6.07, 6.45) is -2.25. The number of rotatable bonds is 9. The second-order valence-corrected chi connectivity index (χ2v) is 17.5. The second-order valence-electron chi connectivity index (χ2n) is 15.6. The number of pyridine rings is 1. The Kier molecular flexibility index (Phi) is 11.7. The molecule has 3 heterocycles. The van der Waals surface area contributed by atoms with Gasteiger partial charge in [0.25, 0.3) is 5.91 Å². The van der Waals surface area contributed by atoms with Gasteiger partial charge >= 0.3 is 12.3 Å². The predicted octanol–water partition coefficient (Wildman–Crippen LogP) is 4.04. The maximum Gasteiger partial charge on any atom is 0.427 e. The summed E-state index contributed by atoms with van der Waals surface area (Å²) in [6, 6.07) is 3.97. The molecule has 0 spiro atoms. The Bertz CT molecular complexity index is 2030. The molecule has 57 heavy (non-hydrogen) atoms. The Hall–Kier alpha value is -4.65. The molecule has 15 nitrogen and oxygen atoms in total. The number of ether oxygens (including phenoxy) is 4. The van der Waals surface area contributed by atoms with Crippen molar-refractivity contribution in [2.75, 3.05) is 13.7 Å². The molecule has 2 aliphatic heterocycles. The van der Waals surface area contributed by atoms with Crippen molar-refractivity contribution in [2.24, 2.45) is 5.92 Å². The summed E-state index contributed by atoms with van der Waals surface area (Å²) >= 11 is 0. The summed E-state index contributed by atoms with van der Waals surface area (Å²) in [7, 11) is -2.47. The molecule has 2 aromatic rings. The summed E-state index contributed by atoms with van der Waals surface area (Å²) in [5.41, 5.74) is -4.58. The standard InChI is InChI=1S/C38H48F3N5O10S/c1-6-29-30(43-35(50)56-36(3,4)38(39,40)41)33(48)46-20-25(55-32-27-14-11-24(53-5)17-22(27)15-16-42-32)18-28(46)31(47)44-37(34(49)45-57(51,52)26-12-13-26)19-23(37)10-8-7-9-21(2)54-29/h8,10-11,14-17,21,23,25-26,28-30H,6-7,9,12-13,18-20H2,1-5H3,(H,43,50)(H,44,47)(H,45,49)/b10-8-/t21-,23-,25-,28+,29+,30+,37-/m1/s1. The molecular weight excluding hydrogens is 776 g/mol. The van der Waals surface area contributed by atoms with Crippen molar-refractivity contribution in [3.63, 3.8) is 0 Å². The van der Waals surface area contributed by atoms with Crippen molar-refractivity contribution < 1.29 is 59.7 Å². The lowest BCUT2D eigenvalue weighted by molar-refractivity contribution is -0.244. The number of nitrogens with zero attached hydrogens (tertiary/aromatic N) is 2. The fraction of sp³-hybridized carbons (Fsp3) is 0.605. The number of allylic oxidation sites excluding steroid dienone is 1. The van der Waals surface area contributed by atoms with Gasteiger partial charge in [-0.15, -0.1) is 0 Å². The summed E-state index contributed by atoms with van der Waals surface area (Å²) in [4.78, 5) is 61.6. The zero-order valence-corrected chi connectivity index (χ0v) is 33.1. The number of nitrogens with one attached hydrogen (secondary N) is 3. The van der Waals surface area contributed by atoms with Crippen molar-refractivity contribution in [3.8, 4) is 11.6 Å². The van der Waals surface area contributed by atoms with E-state index in [1.807, 2.05) is 0 Å². The highest BCUT2D eigenvalue weighted by atomic mass is 32.2. The number of hydrogen-bond acceptors (Lipinski definition) is 11. The molecule has 0 bridgehead atoms. The molecule has 6 rings (SSSR count). The smallest absolute Gasteiger partial charge is 0.427 e. The maximum absolute atomic E-state index is 14.8. The van der Waals surface area contributed by atoms with Crippen molar-refractivity contribution in [1.82, 2.24) is 25.2 Å². The first-order valence-corrected chi connectivity index (χ1v) is 20.5. The first-order valence-electron chi connectivity index (χ1n) is 18.9. The summed E-state index contributed by atoms with van der Waals surface area (Å²) in [6.45, 7) is 4.49. The van der Waals surface area contributed by atoms with E-state index in [9.17, 15) is 40.8 Å². The van der Waals surface area contributed by atoms with Crippen molar-refractivity contribution in [2.45, 2.75) is 126 Å². The van der Waals surface area contributed by atoms with Crippen LogP contribution in [0.2, 0.25) is 0 Å². The van der Waals surface area contributed by atoms with Crippen LogP contribution in [0.5, 0.6) is 11.6 Å². The van der Waals surface area contributed by atoms with E-state index in [1.165, 1.54) is 13.3 Å². The van der Waals surface area contributed by atoms with Crippen LogP contribution < -0.4 is 24.8 Å². The number of alkyl carbamates (subject to hydrolysis) is 1. The normalized spacial score (nSPS) is 29.2. The molecule has 4 aliphatic rings. The predicted molar refractivity (Wildman–Crippen MR) is 198 cm³/mol. The molecule has 1 aromatic heterocycles. The number of carbonyl (C=O) groups excluding carboxylic acids is 4.